The van der Waals surface area contributed by atoms with Crippen molar-refractivity contribution in [3.05, 3.63) is 0 Å². The second-order valence-electron chi connectivity index (χ2n) is 12.6. The average molecular weight is 649 g/mol. The molecule has 0 aromatic rings. The molecule has 44 heavy (non-hydrogen) atoms. The monoisotopic (exact) mass is 648 g/mol. The van der Waals surface area contributed by atoms with E-state index in [9.17, 15) is 14.2 Å². The van der Waals surface area contributed by atoms with Crippen molar-refractivity contribution in [3.8, 4) is 0 Å². The summed E-state index contributed by atoms with van der Waals surface area (Å²) in [6.07, 6.45) is 31.9. The van der Waals surface area contributed by atoms with Crippen LogP contribution < -0.4 is 0 Å². The second kappa shape index (κ2) is 32.0. The third-order valence-electron chi connectivity index (χ3n) is 8.13. The van der Waals surface area contributed by atoms with Gasteiger partial charge in [0.05, 0.1) is 6.61 Å². The second-order valence-corrected chi connectivity index (χ2v) is 13.8. The summed E-state index contributed by atoms with van der Waals surface area (Å²) in [4.78, 5) is 42.1. The van der Waals surface area contributed by atoms with Gasteiger partial charge in [0.25, 0.3) is 0 Å². The minimum atomic E-state index is -4.73. The van der Waals surface area contributed by atoms with Crippen LogP contribution in [0, 0.1) is 0 Å². The SMILES string of the molecule is CCCCCCCCCCCCCCCCCCCCCCCCC(=O)OC(COC(=O)CCCCCC)COP(=O)(O)O. The molecule has 0 bridgehead atoms. The molecule has 0 aromatic carbocycles. The first-order valence-corrected chi connectivity index (χ1v) is 19.9. The van der Waals surface area contributed by atoms with Crippen LogP contribution in [0.1, 0.15) is 194 Å². The van der Waals surface area contributed by atoms with Gasteiger partial charge in [0.15, 0.2) is 6.10 Å². The Labute approximate surface area is 270 Å². The van der Waals surface area contributed by atoms with Gasteiger partial charge in [0.2, 0.25) is 0 Å². The summed E-state index contributed by atoms with van der Waals surface area (Å²) in [6, 6.07) is 0. The standard InChI is InChI=1S/C35H69O8P/c1-3-5-7-9-10-11-12-13-14-15-16-17-18-19-20-21-22-23-24-25-26-28-30-35(37)43-33(32-42-44(38,39)40)31-41-34(36)29-27-8-6-4-2/h33H,3-32H2,1-2H3,(H2,38,39,40). The van der Waals surface area contributed by atoms with Crippen molar-refractivity contribution in [2.75, 3.05) is 13.2 Å². The quantitative estimate of drug-likeness (QED) is 0.0402. The molecular formula is C35H69O8P. The van der Waals surface area contributed by atoms with Crippen LogP contribution in [0.3, 0.4) is 0 Å². The normalized spacial score (nSPS) is 12.4. The first-order chi connectivity index (χ1) is 21.3. The molecule has 0 spiro atoms. The highest BCUT2D eigenvalue weighted by atomic mass is 31.2. The van der Waals surface area contributed by atoms with Gasteiger partial charge in [-0.15, -0.1) is 0 Å². The van der Waals surface area contributed by atoms with Crippen LogP contribution in [-0.2, 0) is 28.2 Å². The van der Waals surface area contributed by atoms with Crippen LogP contribution in [0.15, 0.2) is 0 Å². The predicted molar refractivity (Wildman–Crippen MR) is 179 cm³/mol. The number of rotatable bonds is 34. The lowest BCUT2D eigenvalue weighted by atomic mass is 10.0. The van der Waals surface area contributed by atoms with Crippen LogP contribution in [0.5, 0.6) is 0 Å². The molecular weight excluding hydrogens is 579 g/mol. The third-order valence-corrected chi connectivity index (χ3v) is 8.61. The lowest BCUT2D eigenvalue weighted by molar-refractivity contribution is -0.161. The number of hydrogen-bond acceptors (Lipinski definition) is 6. The molecule has 0 rings (SSSR count). The largest absolute Gasteiger partial charge is 0.469 e. The Hall–Kier alpha value is -0.950. The fourth-order valence-electron chi connectivity index (χ4n) is 5.37. The Morgan fingerprint density at radius 3 is 1.18 bits per heavy atom. The van der Waals surface area contributed by atoms with E-state index in [1.807, 2.05) is 0 Å². The van der Waals surface area contributed by atoms with Gasteiger partial charge in [0, 0.05) is 12.8 Å². The van der Waals surface area contributed by atoms with E-state index >= 15 is 0 Å². The topological polar surface area (TPSA) is 119 Å². The molecule has 8 nitrogen and oxygen atoms in total. The summed E-state index contributed by atoms with van der Waals surface area (Å²) in [7, 11) is -4.73. The molecule has 0 amide bonds. The maximum absolute atomic E-state index is 12.3. The zero-order valence-corrected chi connectivity index (χ0v) is 29.5. The Morgan fingerprint density at radius 1 is 0.500 bits per heavy atom. The van der Waals surface area contributed by atoms with Crippen molar-refractivity contribution in [1.29, 1.82) is 0 Å². The highest BCUT2D eigenvalue weighted by Crippen LogP contribution is 2.36. The number of carbonyl (C=O) groups is 2. The van der Waals surface area contributed by atoms with E-state index in [2.05, 4.69) is 18.4 Å². The third kappa shape index (κ3) is 33.9. The molecule has 0 saturated heterocycles. The molecule has 0 saturated carbocycles. The van der Waals surface area contributed by atoms with Gasteiger partial charge in [0.1, 0.15) is 6.61 Å². The summed E-state index contributed by atoms with van der Waals surface area (Å²) in [5, 5.41) is 0. The minimum Gasteiger partial charge on any atom is -0.462 e. The van der Waals surface area contributed by atoms with Crippen molar-refractivity contribution in [2.45, 2.75) is 200 Å². The zero-order valence-electron chi connectivity index (χ0n) is 28.6. The molecule has 0 aromatic heterocycles. The van der Waals surface area contributed by atoms with Gasteiger partial charge in [-0.3, -0.25) is 14.1 Å². The lowest BCUT2D eigenvalue weighted by Crippen LogP contribution is -2.29. The van der Waals surface area contributed by atoms with Crippen LogP contribution >= 0.6 is 7.82 Å². The van der Waals surface area contributed by atoms with Crippen molar-refractivity contribution < 1.29 is 37.9 Å². The molecule has 1 atom stereocenters. The highest BCUT2D eigenvalue weighted by Gasteiger charge is 2.22. The summed E-state index contributed by atoms with van der Waals surface area (Å²) in [6.45, 7) is 3.55. The lowest BCUT2D eigenvalue weighted by Gasteiger charge is -2.18. The summed E-state index contributed by atoms with van der Waals surface area (Å²) < 4.78 is 26.0. The van der Waals surface area contributed by atoms with E-state index in [1.165, 1.54) is 122 Å². The van der Waals surface area contributed by atoms with Gasteiger partial charge in [-0.05, 0) is 12.8 Å². The van der Waals surface area contributed by atoms with E-state index in [0.717, 1.165) is 38.5 Å². The average Bonchev–Trinajstić information content (AvgIpc) is 2.98. The van der Waals surface area contributed by atoms with Gasteiger partial charge < -0.3 is 19.3 Å². The molecule has 0 aliphatic carbocycles. The number of ether oxygens (including phenoxy) is 2. The van der Waals surface area contributed by atoms with E-state index in [-0.39, 0.29) is 19.4 Å². The van der Waals surface area contributed by atoms with Crippen LogP contribution in [-0.4, -0.2) is 41.0 Å². The number of hydrogen-bond donors (Lipinski definition) is 2. The van der Waals surface area contributed by atoms with Crippen molar-refractivity contribution in [1.82, 2.24) is 0 Å². The Balaban J connectivity index is 3.68. The number of unbranched alkanes of at least 4 members (excludes halogenated alkanes) is 24. The van der Waals surface area contributed by atoms with Crippen LogP contribution in [0.2, 0.25) is 0 Å². The molecule has 0 fully saturated rings. The van der Waals surface area contributed by atoms with E-state index in [1.54, 1.807) is 0 Å². The number of phosphoric acid groups is 1. The molecule has 0 aliphatic rings. The molecule has 1 unspecified atom stereocenters. The summed E-state index contributed by atoms with van der Waals surface area (Å²) in [5.41, 5.74) is 0. The minimum absolute atomic E-state index is 0.219. The molecule has 9 heteroatoms. The number of esters is 2. The summed E-state index contributed by atoms with van der Waals surface area (Å²) in [5.74, 6) is -0.894. The predicted octanol–water partition coefficient (Wildman–Crippen LogP) is 10.5. The highest BCUT2D eigenvalue weighted by molar-refractivity contribution is 7.46. The first kappa shape index (κ1) is 43.0. The van der Waals surface area contributed by atoms with E-state index in [4.69, 9.17) is 19.3 Å². The first-order valence-electron chi connectivity index (χ1n) is 18.3. The van der Waals surface area contributed by atoms with Crippen molar-refractivity contribution in [2.24, 2.45) is 0 Å². The molecule has 262 valence electrons. The van der Waals surface area contributed by atoms with E-state index in [0.29, 0.717) is 6.42 Å². The maximum atomic E-state index is 12.3. The van der Waals surface area contributed by atoms with Crippen LogP contribution in [0.4, 0.5) is 0 Å². The van der Waals surface area contributed by atoms with E-state index < -0.39 is 32.5 Å². The fourth-order valence-corrected chi connectivity index (χ4v) is 5.73. The van der Waals surface area contributed by atoms with Crippen molar-refractivity contribution >= 4 is 19.8 Å². The Kier molecular flexibility index (Phi) is 31.3. The Morgan fingerprint density at radius 2 is 0.818 bits per heavy atom. The molecule has 2 N–H and O–H groups in total. The zero-order chi connectivity index (χ0) is 32.6. The summed E-state index contributed by atoms with van der Waals surface area (Å²) >= 11 is 0. The molecule has 0 aliphatic heterocycles. The molecule has 0 heterocycles. The number of phosphoric ester groups is 1. The maximum Gasteiger partial charge on any atom is 0.469 e. The molecule has 0 radical (unpaired) electrons. The van der Waals surface area contributed by atoms with Gasteiger partial charge >= 0.3 is 19.8 Å². The smallest absolute Gasteiger partial charge is 0.462 e. The van der Waals surface area contributed by atoms with Gasteiger partial charge in [-0.1, -0.05) is 168 Å². The van der Waals surface area contributed by atoms with Gasteiger partial charge in [-0.25, -0.2) is 4.57 Å². The number of carbonyl (C=O) groups excluding carboxylic acids is 2. The Bertz CT molecular complexity index is 696. The fraction of sp³-hybridized carbons (Fsp3) is 0.943. The van der Waals surface area contributed by atoms with Crippen LogP contribution in [0.25, 0.3) is 0 Å². The van der Waals surface area contributed by atoms with Crippen molar-refractivity contribution in [3.63, 3.8) is 0 Å². The van der Waals surface area contributed by atoms with Gasteiger partial charge in [-0.2, -0.15) is 0 Å².